The number of nitrogens with zero attached hydrogens (tertiary/aromatic N) is 2. The first kappa shape index (κ1) is 24.3. The first-order valence-electron chi connectivity index (χ1n) is 10.4. The highest BCUT2D eigenvalue weighted by Gasteiger charge is 2.14. The summed E-state index contributed by atoms with van der Waals surface area (Å²) in [5.74, 6) is 0.928. The number of hydrogen-bond acceptors (Lipinski definition) is 7. The predicted octanol–water partition coefficient (Wildman–Crippen LogP) is 3.48. The van der Waals surface area contributed by atoms with Gasteiger partial charge in [0.15, 0.2) is 12.4 Å². The number of hydrogen-bond donors (Lipinski definition) is 1. The summed E-state index contributed by atoms with van der Waals surface area (Å²) in [6, 6.07) is 12.7. The summed E-state index contributed by atoms with van der Waals surface area (Å²) in [7, 11) is 1.59. The van der Waals surface area contributed by atoms with Gasteiger partial charge in [0.1, 0.15) is 18.1 Å². The minimum absolute atomic E-state index is 0.0536. The molecule has 178 valence electrons. The molecule has 1 heterocycles. The molecule has 10 nitrogen and oxygen atoms in total. The topological polar surface area (TPSA) is 122 Å². The Morgan fingerprint density at radius 1 is 1.06 bits per heavy atom. The highest BCUT2D eigenvalue weighted by Crippen LogP contribution is 2.22. The molecule has 0 bridgehead atoms. The molecule has 2 aromatic carbocycles. The average Bonchev–Trinajstić information content (AvgIpc) is 2.82. The van der Waals surface area contributed by atoms with Crippen molar-refractivity contribution < 1.29 is 23.9 Å². The number of amides is 1. The molecule has 0 fully saturated rings. The van der Waals surface area contributed by atoms with Crippen molar-refractivity contribution in [1.29, 1.82) is 0 Å². The van der Waals surface area contributed by atoms with Gasteiger partial charge in [-0.3, -0.25) is 19.7 Å². The van der Waals surface area contributed by atoms with Crippen molar-refractivity contribution in [3.05, 3.63) is 86.3 Å². The van der Waals surface area contributed by atoms with Gasteiger partial charge in [-0.2, -0.15) is 0 Å². The van der Waals surface area contributed by atoms with E-state index in [1.54, 1.807) is 62.1 Å². The lowest BCUT2D eigenvalue weighted by atomic mass is 10.2. The first-order chi connectivity index (χ1) is 16.3. The number of non-ortho nitro benzene ring substituents is 1. The molecule has 0 spiro atoms. The van der Waals surface area contributed by atoms with Gasteiger partial charge in [0, 0.05) is 24.4 Å². The largest absolute Gasteiger partial charge is 0.497 e. The van der Waals surface area contributed by atoms with Gasteiger partial charge in [-0.05, 0) is 43.7 Å². The van der Waals surface area contributed by atoms with E-state index in [0.29, 0.717) is 35.8 Å². The van der Waals surface area contributed by atoms with E-state index in [-0.39, 0.29) is 16.9 Å². The second-order valence-electron chi connectivity index (χ2n) is 7.41. The van der Waals surface area contributed by atoms with Gasteiger partial charge in [-0.15, -0.1) is 0 Å². The molecular weight excluding hydrogens is 442 g/mol. The predicted molar refractivity (Wildman–Crippen MR) is 126 cm³/mol. The normalized spacial score (nSPS) is 10.4. The second kappa shape index (κ2) is 11.0. The van der Waals surface area contributed by atoms with Gasteiger partial charge in [0.25, 0.3) is 11.6 Å². The lowest BCUT2D eigenvalue weighted by Crippen LogP contribution is -2.24. The Kier molecular flexibility index (Phi) is 7.86. The van der Waals surface area contributed by atoms with E-state index in [1.165, 1.54) is 18.2 Å². The molecule has 0 radical (unpaired) electrons. The first-order valence-corrected chi connectivity index (χ1v) is 10.4. The number of methoxy groups -OCH3 is 1. The molecule has 0 aliphatic carbocycles. The molecule has 0 atom stereocenters. The van der Waals surface area contributed by atoms with Crippen molar-refractivity contribution >= 4 is 17.3 Å². The summed E-state index contributed by atoms with van der Waals surface area (Å²) in [5, 5.41) is 13.6. The highest BCUT2D eigenvalue weighted by molar-refractivity contribution is 5.93. The van der Waals surface area contributed by atoms with Crippen molar-refractivity contribution in [3.63, 3.8) is 0 Å². The van der Waals surface area contributed by atoms with Crippen LogP contribution in [0.5, 0.6) is 17.2 Å². The van der Waals surface area contributed by atoms with Crippen LogP contribution in [-0.2, 0) is 11.3 Å². The molecule has 0 aliphatic rings. The van der Waals surface area contributed by atoms with Gasteiger partial charge in [0.05, 0.1) is 30.0 Å². The Morgan fingerprint density at radius 2 is 1.76 bits per heavy atom. The number of carbonyl (C=O) groups is 1. The zero-order valence-electron chi connectivity index (χ0n) is 19.1. The third-order valence-electron chi connectivity index (χ3n) is 5.10. The van der Waals surface area contributed by atoms with Crippen LogP contribution in [0.2, 0.25) is 0 Å². The van der Waals surface area contributed by atoms with Crippen LogP contribution in [0, 0.1) is 24.0 Å². The minimum Gasteiger partial charge on any atom is -0.497 e. The Hall–Kier alpha value is -4.34. The fraction of sp³-hybridized carbons (Fsp3) is 0.250. The van der Waals surface area contributed by atoms with Gasteiger partial charge in [-0.1, -0.05) is 6.07 Å². The van der Waals surface area contributed by atoms with E-state index in [9.17, 15) is 19.7 Å². The standard InChI is InChI=1S/C24H25N3O7/c1-16-4-5-18(27(30)31)14-21(16)25-23(29)15-34-24-17(2)26(11-10-22(24)28)12-13-33-20-8-6-19(32-3)7-9-20/h4-11,14H,12-13,15H2,1-3H3,(H,25,29). The fourth-order valence-electron chi connectivity index (χ4n) is 3.19. The van der Waals surface area contributed by atoms with Crippen LogP contribution in [-0.4, -0.2) is 35.7 Å². The highest BCUT2D eigenvalue weighted by atomic mass is 16.6. The molecule has 3 aromatic rings. The lowest BCUT2D eigenvalue weighted by Gasteiger charge is -2.15. The number of benzene rings is 2. The third-order valence-corrected chi connectivity index (χ3v) is 5.10. The number of anilines is 1. The minimum atomic E-state index is -0.542. The molecule has 1 aromatic heterocycles. The zero-order chi connectivity index (χ0) is 24.7. The van der Waals surface area contributed by atoms with Gasteiger partial charge < -0.3 is 24.1 Å². The number of aromatic nitrogens is 1. The van der Waals surface area contributed by atoms with E-state index in [2.05, 4.69) is 5.32 Å². The number of nitrogens with one attached hydrogen (secondary N) is 1. The number of nitro groups is 1. The molecule has 3 rings (SSSR count). The number of carbonyl (C=O) groups excluding carboxylic acids is 1. The fourth-order valence-corrected chi connectivity index (χ4v) is 3.19. The van der Waals surface area contributed by atoms with Crippen LogP contribution in [0.15, 0.2) is 59.5 Å². The molecule has 0 saturated carbocycles. The maximum absolute atomic E-state index is 12.4. The summed E-state index contributed by atoms with van der Waals surface area (Å²) in [4.78, 5) is 35.1. The van der Waals surface area contributed by atoms with Gasteiger partial charge in [0.2, 0.25) is 5.43 Å². The maximum atomic E-state index is 12.4. The lowest BCUT2D eigenvalue weighted by molar-refractivity contribution is -0.384. The number of ether oxygens (including phenoxy) is 3. The van der Waals surface area contributed by atoms with Crippen molar-refractivity contribution in [1.82, 2.24) is 4.57 Å². The molecule has 0 aliphatic heterocycles. The number of aryl methyl sites for hydroxylation is 1. The molecule has 0 saturated heterocycles. The number of rotatable bonds is 10. The second-order valence-corrected chi connectivity index (χ2v) is 7.41. The van der Waals surface area contributed by atoms with E-state index in [4.69, 9.17) is 14.2 Å². The van der Waals surface area contributed by atoms with Crippen LogP contribution in [0.25, 0.3) is 0 Å². The van der Waals surface area contributed by atoms with Crippen molar-refractivity contribution in [2.24, 2.45) is 0 Å². The summed E-state index contributed by atoms with van der Waals surface area (Å²) in [6.45, 7) is 3.81. The van der Waals surface area contributed by atoms with Gasteiger partial charge in [-0.25, -0.2) is 0 Å². The molecule has 10 heteroatoms. The summed E-state index contributed by atoms with van der Waals surface area (Å²) in [5.41, 5.74) is 1.02. The monoisotopic (exact) mass is 467 g/mol. The Morgan fingerprint density at radius 3 is 2.44 bits per heavy atom. The van der Waals surface area contributed by atoms with Crippen LogP contribution in [0.3, 0.4) is 0 Å². The molecule has 0 unspecified atom stereocenters. The smallest absolute Gasteiger partial charge is 0.271 e. The van der Waals surface area contributed by atoms with Gasteiger partial charge >= 0.3 is 0 Å². The van der Waals surface area contributed by atoms with Crippen molar-refractivity contribution in [2.75, 3.05) is 25.6 Å². The summed E-state index contributed by atoms with van der Waals surface area (Å²) in [6.07, 6.45) is 1.63. The van der Waals surface area contributed by atoms with Crippen LogP contribution >= 0.6 is 0 Å². The molecule has 1 N–H and O–H groups in total. The molecule has 34 heavy (non-hydrogen) atoms. The zero-order valence-corrected chi connectivity index (χ0v) is 19.1. The van der Waals surface area contributed by atoms with E-state index < -0.39 is 17.4 Å². The third kappa shape index (κ3) is 6.12. The van der Waals surface area contributed by atoms with Crippen LogP contribution in [0.1, 0.15) is 11.3 Å². The van der Waals surface area contributed by atoms with Crippen LogP contribution in [0.4, 0.5) is 11.4 Å². The maximum Gasteiger partial charge on any atom is 0.271 e. The Labute approximate surface area is 195 Å². The van der Waals surface area contributed by atoms with Crippen LogP contribution < -0.4 is 25.0 Å². The van der Waals surface area contributed by atoms with E-state index in [0.717, 1.165) is 5.75 Å². The van der Waals surface area contributed by atoms with E-state index in [1.807, 2.05) is 0 Å². The van der Waals surface area contributed by atoms with Crippen molar-refractivity contribution in [3.8, 4) is 17.2 Å². The molecular formula is C24H25N3O7. The SMILES string of the molecule is COc1ccc(OCCn2ccc(=O)c(OCC(=O)Nc3cc([N+](=O)[O-])ccc3C)c2C)cc1. The quantitative estimate of drug-likeness (QED) is 0.358. The number of nitro benzene ring substituents is 1. The summed E-state index contributed by atoms with van der Waals surface area (Å²) >= 11 is 0. The Bertz CT molecular complexity index is 1240. The Balaban J connectivity index is 1.61. The molecule has 1 amide bonds. The average molecular weight is 467 g/mol. The number of pyridine rings is 1. The van der Waals surface area contributed by atoms with Crippen molar-refractivity contribution in [2.45, 2.75) is 20.4 Å². The summed E-state index contributed by atoms with van der Waals surface area (Å²) < 4.78 is 18.2. The van der Waals surface area contributed by atoms with E-state index >= 15 is 0 Å².